The van der Waals surface area contributed by atoms with Crippen LogP contribution in [0, 0.1) is 12.7 Å². The fraction of sp³-hybridized carbons (Fsp3) is 0.345. The van der Waals surface area contributed by atoms with Crippen molar-refractivity contribution < 1.29 is 37.8 Å². The summed E-state index contributed by atoms with van der Waals surface area (Å²) in [5.74, 6) is -3.45. The second kappa shape index (κ2) is 12.0. The van der Waals surface area contributed by atoms with Crippen molar-refractivity contribution in [3.63, 3.8) is 0 Å². The molecule has 2 fully saturated rings. The van der Waals surface area contributed by atoms with Gasteiger partial charge in [0.1, 0.15) is 5.82 Å². The molecule has 2 aliphatic rings. The van der Waals surface area contributed by atoms with Gasteiger partial charge in [-0.1, -0.05) is 6.07 Å². The molecule has 0 saturated carbocycles. The number of nitrogens with one attached hydrogen (secondary N) is 1. The zero-order chi connectivity index (χ0) is 29.1. The maximum Gasteiger partial charge on any atom is 0.303 e. The van der Waals surface area contributed by atoms with E-state index < -0.39 is 41.7 Å². The number of carbonyl (C=O) groups excluding carboxylic acids is 4. The van der Waals surface area contributed by atoms with Gasteiger partial charge in [-0.2, -0.15) is 0 Å². The number of amides is 3. The zero-order valence-electron chi connectivity index (χ0n) is 22.6. The molecule has 0 unspecified atom stereocenters. The topological polar surface area (TPSA) is 127 Å². The Bertz CT molecular complexity index is 1510. The molecule has 2 saturated heterocycles. The number of halogens is 1. The number of carbonyl (C=O) groups is 4. The number of aryl methyl sites for hydroxylation is 1. The van der Waals surface area contributed by atoms with Crippen LogP contribution in [-0.2, 0) is 28.6 Å². The molecule has 1 N–H and O–H groups in total. The number of ether oxygens (including phenoxy) is 3. The van der Waals surface area contributed by atoms with Crippen molar-refractivity contribution in [1.29, 1.82) is 0 Å². The third kappa shape index (κ3) is 6.18. The zero-order valence-corrected chi connectivity index (χ0v) is 22.6. The molecule has 3 aromatic rings. The van der Waals surface area contributed by atoms with Gasteiger partial charge in [-0.25, -0.2) is 4.39 Å². The van der Waals surface area contributed by atoms with Gasteiger partial charge in [0.15, 0.2) is 6.10 Å². The average Bonchev–Trinajstić information content (AvgIpc) is 2.96. The summed E-state index contributed by atoms with van der Waals surface area (Å²) in [7, 11) is 0. The van der Waals surface area contributed by atoms with Gasteiger partial charge in [-0.15, -0.1) is 0 Å². The first-order valence-corrected chi connectivity index (χ1v) is 13.2. The predicted octanol–water partition coefficient (Wildman–Crippen LogP) is 2.46. The number of benzene rings is 2. The van der Waals surface area contributed by atoms with E-state index in [9.17, 15) is 23.6 Å². The summed E-state index contributed by atoms with van der Waals surface area (Å²) in [6.07, 6.45) is -3.08. The first-order chi connectivity index (χ1) is 19.7. The number of morpholine rings is 2. The van der Waals surface area contributed by atoms with Gasteiger partial charge < -0.3 is 29.3 Å². The van der Waals surface area contributed by atoms with Crippen LogP contribution in [0.5, 0.6) is 0 Å². The second-order valence-corrected chi connectivity index (χ2v) is 9.73. The molecule has 0 aliphatic carbocycles. The second-order valence-electron chi connectivity index (χ2n) is 9.73. The Labute approximate surface area is 235 Å². The number of pyridine rings is 1. The fourth-order valence-corrected chi connectivity index (χ4v) is 4.81. The van der Waals surface area contributed by atoms with Crippen LogP contribution in [0.2, 0.25) is 0 Å². The predicted molar refractivity (Wildman–Crippen MR) is 146 cm³/mol. The summed E-state index contributed by atoms with van der Waals surface area (Å²) in [5, 5.41) is 3.47. The normalized spacial score (nSPS) is 18.2. The molecule has 214 valence electrons. The minimum atomic E-state index is -1.61. The van der Waals surface area contributed by atoms with Gasteiger partial charge in [0.05, 0.1) is 30.9 Å². The Kier molecular flexibility index (Phi) is 8.22. The van der Waals surface area contributed by atoms with Crippen LogP contribution in [0.4, 0.5) is 15.8 Å². The number of aromatic nitrogens is 1. The fourth-order valence-electron chi connectivity index (χ4n) is 4.81. The Morgan fingerprint density at radius 3 is 2.59 bits per heavy atom. The van der Waals surface area contributed by atoms with Crippen LogP contribution in [0.1, 0.15) is 23.0 Å². The summed E-state index contributed by atoms with van der Waals surface area (Å²) >= 11 is 0. The average molecular weight is 565 g/mol. The maximum absolute atomic E-state index is 14.7. The molecule has 5 rings (SSSR count). The van der Waals surface area contributed by atoms with Crippen molar-refractivity contribution in [2.24, 2.45) is 0 Å². The number of anilines is 2. The summed E-state index contributed by atoms with van der Waals surface area (Å²) in [4.78, 5) is 59.1. The number of hydrogen-bond donors (Lipinski definition) is 1. The SMILES string of the molecule is CC(=O)O[C@@H](C(=O)Nc1ccc2nc(C)ccc2c1)[C@H]1OCCN(c2ccc(F)c(C(=O)N3CCOCC3)c2)C1=O. The summed E-state index contributed by atoms with van der Waals surface area (Å²) in [6, 6.07) is 12.6. The summed E-state index contributed by atoms with van der Waals surface area (Å²) in [6.45, 7) is 4.44. The summed E-state index contributed by atoms with van der Waals surface area (Å²) < 4.78 is 30.9. The first kappa shape index (κ1) is 28.1. The highest BCUT2D eigenvalue weighted by Gasteiger charge is 2.43. The van der Waals surface area contributed by atoms with Gasteiger partial charge in [0.25, 0.3) is 17.7 Å². The van der Waals surface area contributed by atoms with E-state index in [1.807, 2.05) is 19.1 Å². The van der Waals surface area contributed by atoms with Gasteiger partial charge >= 0.3 is 5.97 Å². The molecule has 41 heavy (non-hydrogen) atoms. The lowest BCUT2D eigenvalue weighted by Crippen LogP contribution is -2.56. The molecule has 2 aromatic carbocycles. The lowest BCUT2D eigenvalue weighted by Gasteiger charge is -2.35. The first-order valence-electron chi connectivity index (χ1n) is 13.2. The number of fused-ring (bicyclic) bond motifs is 1. The van der Waals surface area contributed by atoms with E-state index in [0.29, 0.717) is 32.0 Å². The Morgan fingerprint density at radius 1 is 1.05 bits per heavy atom. The van der Waals surface area contributed by atoms with Gasteiger partial charge in [0.2, 0.25) is 6.10 Å². The van der Waals surface area contributed by atoms with Gasteiger partial charge in [-0.05, 0) is 49.4 Å². The minimum absolute atomic E-state index is 0.00651. The van der Waals surface area contributed by atoms with Crippen molar-refractivity contribution in [1.82, 2.24) is 9.88 Å². The van der Waals surface area contributed by atoms with E-state index in [4.69, 9.17) is 14.2 Å². The van der Waals surface area contributed by atoms with Gasteiger partial charge in [0, 0.05) is 49.0 Å². The molecular weight excluding hydrogens is 535 g/mol. The van der Waals surface area contributed by atoms with Crippen LogP contribution in [0.3, 0.4) is 0 Å². The van der Waals surface area contributed by atoms with Crippen molar-refractivity contribution >= 4 is 46.0 Å². The van der Waals surface area contributed by atoms with Gasteiger partial charge in [-0.3, -0.25) is 24.2 Å². The van der Waals surface area contributed by atoms with Crippen LogP contribution >= 0.6 is 0 Å². The van der Waals surface area contributed by atoms with Crippen LogP contribution in [0.15, 0.2) is 48.5 Å². The van der Waals surface area contributed by atoms with Crippen LogP contribution in [0.25, 0.3) is 10.9 Å². The number of hydrogen-bond acceptors (Lipinski definition) is 8. The molecular formula is C29H29FN4O7. The molecule has 2 atom stereocenters. The Balaban J connectivity index is 1.37. The van der Waals surface area contributed by atoms with Crippen LogP contribution < -0.4 is 10.2 Å². The Hall–Kier alpha value is -4.42. The maximum atomic E-state index is 14.7. The van der Waals surface area contributed by atoms with E-state index in [0.717, 1.165) is 29.6 Å². The lowest BCUT2D eigenvalue weighted by molar-refractivity contribution is -0.167. The molecule has 1 aromatic heterocycles. The van der Waals surface area contributed by atoms with Crippen molar-refractivity contribution in [3.05, 3.63) is 65.6 Å². The molecule has 3 heterocycles. The van der Waals surface area contributed by atoms with E-state index in [1.54, 1.807) is 18.2 Å². The number of nitrogens with zero attached hydrogens (tertiary/aromatic N) is 3. The lowest BCUT2D eigenvalue weighted by atomic mass is 10.1. The molecule has 3 amide bonds. The quantitative estimate of drug-likeness (QED) is 0.453. The molecule has 0 radical (unpaired) electrons. The minimum Gasteiger partial charge on any atom is -0.449 e. The molecule has 11 nitrogen and oxygen atoms in total. The number of rotatable bonds is 6. The summed E-state index contributed by atoms with van der Waals surface area (Å²) in [5.41, 5.74) is 2.07. The van der Waals surface area contributed by atoms with E-state index >= 15 is 0 Å². The van der Waals surface area contributed by atoms with Crippen molar-refractivity contribution in [2.45, 2.75) is 26.1 Å². The molecule has 12 heteroatoms. The third-order valence-corrected chi connectivity index (χ3v) is 6.83. The highest BCUT2D eigenvalue weighted by atomic mass is 19.1. The molecule has 0 bridgehead atoms. The monoisotopic (exact) mass is 564 g/mol. The van der Waals surface area contributed by atoms with Crippen molar-refractivity contribution in [2.75, 3.05) is 49.7 Å². The van der Waals surface area contributed by atoms with E-state index in [1.165, 1.54) is 21.9 Å². The standard InChI is InChI=1S/C29H29FN4O7/c1-17-3-4-19-15-20(5-8-24(19)31-17)32-27(36)25(41-18(2)35)26-29(38)34(11-14-40-26)21-6-7-23(30)22(16-21)28(37)33-9-12-39-13-10-33/h3-8,15-16,25-26H,9-14H2,1-2H3,(H,32,36)/t25-,26-/m1/s1. The largest absolute Gasteiger partial charge is 0.449 e. The van der Waals surface area contributed by atoms with E-state index in [-0.39, 0.29) is 24.4 Å². The smallest absolute Gasteiger partial charge is 0.303 e. The molecule has 0 spiro atoms. The third-order valence-electron chi connectivity index (χ3n) is 6.83. The Morgan fingerprint density at radius 2 is 1.83 bits per heavy atom. The highest BCUT2D eigenvalue weighted by Crippen LogP contribution is 2.26. The molecule has 2 aliphatic heterocycles. The van der Waals surface area contributed by atoms with Crippen LogP contribution in [-0.4, -0.2) is 85.2 Å². The van der Waals surface area contributed by atoms with Crippen molar-refractivity contribution in [3.8, 4) is 0 Å². The van der Waals surface area contributed by atoms with E-state index in [2.05, 4.69) is 10.3 Å². The number of esters is 1. The highest BCUT2D eigenvalue weighted by molar-refractivity contribution is 6.05.